The van der Waals surface area contributed by atoms with Crippen LogP contribution in [-0.2, 0) is 4.79 Å². The number of hydrogen-bond acceptors (Lipinski definition) is 6. The SMILES string of the molecule is CCOc1ccc(NC(=O)CSc2nnc(-c3cccc(Cl)c3)n2N)cc1. The summed E-state index contributed by atoms with van der Waals surface area (Å²) in [7, 11) is 0. The quantitative estimate of drug-likeness (QED) is 0.463. The summed E-state index contributed by atoms with van der Waals surface area (Å²) in [6.07, 6.45) is 0. The first-order valence-electron chi connectivity index (χ1n) is 8.18. The van der Waals surface area contributed by atoms with Crippen LogP contribution in [0.25, 0.3) is 11.4 Å². The van der Waals surface area contributed by atoms with Gasteiger partial charge in [-0.05, 0) is 43.3 Å². The summed E-state index contributed by atoms with van der Waals surface area (Å²) < 4.78 is 6.72. The zero-order valence-electron chi connectivity index (χ0n) is 14.6. The third kappa shape index (κ3) is 4.93. The van der Waals surface area contributed by atoms with Gasteiger partial charge in [0, 0.05) is 16.3 Å². The average molecular weight is 404 g/mol. The lowest BCUT2D eigenvalue weighted by Gasteiger charge is -2.07. The molecule has 0 spiro atoms. The van der Waals surface area contributed by atoms with E-state index in [1.165, 1.54) is 16.4 Å². The van der Waals surface area contributed by atoms with Crippen molar-refractivity contribution >= 4 is 35.0 Å². The molecule has 0 fully saturated rings. The maximum absolute atomic E-state index is 12.2. The Morgan fingerprint density at radius 1 is 1.26 bits per heavy atom. The van der Waals surface area contributed by atoms with Gasteiger partial charge in [0.05, 0.1) is 12.4 Å². The lowest BCUT2D eigenvalue weighted by atomic mass is 10.2. The van der Waals surface area contributed by atoms with E-state index >= 15 is 0 Å². The minimum Gasteiger partial charge on any atom is -0.494 e. The molecule has 7 nitrogen and oxygen atoms in total. The van der Waals surface area contributed by atoms with Crippen LogP contribution in [0, 0.1) is 0 Å². The Morgan fingerprint density at radius 3 is 2.74 bits per heavy atom. The monoisotopic (exact) mass is 403 g/mol. The second-order valence-electron chi connectivity index (χ2n) is 5.48. The minimum absolute atomic E-state index is 0.151. The number of amides is 1. The molecule has 0 saturated carbocycles. The van der Waals surface area contributed by atoms with Crippen LogP contribution < -0.4 is 15.9 Å². The number of carbonyl (C=O) groups excluding carboxylic acids is 1. The van der Waals surface area contributed by atoms with E-state index in [9.17, 15) is 4.79 Å². The molecule has 0 bridgehead atoms. The van der Waals surface area contributed by atoms with Crippen LogP contribution in [0.4, 0.5) is 5.69 Å². The number of benzene rings is 2. The van der Waals surface area contributed by atoms with Gasteiger partial charge in [-0.2, -0.15) is 0 Å². The van der Waals surface area contributed by atoms with Gasteiger partial charge in [0.1, 0.15) is 5.75 Å². The Labute approximate surface area is 165 Å². The molecule has 0 aliphatic carbocycles. The van der Waals surface area contributed by atoms with E-state index in [1.54, 1.807) is 36.4 Å². The maximum atomic E-state index is 12.2. The Bertz CT molecular complexity index is 930. The van der Waals surface area contributed by atoms with Gasteiger partial charge in [-0.3, -0.25) is 4.79 Å². The lowest BCUT2D eigenvalue weighted by Crippen LogP contribution is -2.16. The van der Waals surface area contributed by atoms with Gasteiger partial charge in [-0.15, -0.1) is 10.2 Å². The molecule has 1 heterocycles. The Morgan fingerprint density at radius 2 is 2.04 bits per heavy atom. The number of ether oxygens (including phenoxy) is 1. The third-order valence-corrected chi connectivity index (χ3v) is 4.71. The molecule has 1 aromatic heterocycles. The van der Waals surface area contributed by atoms with Crippen LogP contribution >= 0.6 is 23.4 Å². The van der Waals surface area contributed by atoms with Crippen LogP contribution in [0.1, 0.15) is 6.92 Å². The number of halogens is 1. The highest BCUT2D eigenvalue weighted by molar-refractivity contribution is 7.99. The first-order chi connectivity index (χ1) is 13.1. The first-order valence-corrected chi connectivity index (χ1v) is 9.55. The molecular weight excluding hydrogens is 386 g/mol. The van der Waals surface area contributed by atoms with Crippen molar-refractivity contribution in [2.24, 2.45) is 0 Å². The second kappa shape index (κ2) is 8.79. The number of rotatable bonds is 7. The number of anilines is 1. The fourth-order valence-electron chi connectivity index (χ4n) is 2.33. The van der Waals surface area contributed by atoms with E-state index in [-0.39, 0.29) is 11.7 Å². The molecule has 0 atom stereocenters. The summed E-state index contributed by atoms with van der Waals surface area (Å²) >= 11 is 7.20. The molecule has 27 heavy (non-hydrogen) atoms. The number of thioether (sulfide) groups is 1. The fraction of sp³-hybridized carbons (Fsp3) is 0.167. The van der Waals surface area contributed by atoms with Crippen molar-refractivity contribution in [1.29, 1.82) is 0 Å². The largest absolute Gasteiger partial charge is 0.494 e. The van der Waals surface area contributed by atoms with Crippen molar-refractivity contribution in [2.75, 3.05) is 23.5 Å². The van der Waals surface area contributed by atoms with E-state index in [0.29, 0.717) is 28.3 Å². The van der Waals surface area contributed by atoms with Gasteiger partial charge in [-0.1, -0.05) is 35.5 Å². The van der Waals surface area contributed by atoms with E-state index < -0.39 is 0 Å². The van der Waals surface area contributed by atoms with Crippen molar-refractivity contribution in [3.05, 3.63) is 53.6 Å². The molecule has 0 radical (unpaired) electrons. The molecule has 1 amide bonds. The van der Waals surface area contributed by atoms with Crippen LogP contribution in [-0.4, -0.2) is 33.1 Å². The molecule has 2 aromatic carbocycles. The average Bonchev–Trinajstić information content (AvgIpc) is 3.02. The molecule has 3 rings (SSSR count). The van der Waals surface area contributed by atoms with Gasteiger partial charge in [0.25, 0.3) is 0 Å². The molecule has 3 aromatic rings. The van der Waals surface area contributed by atoms with Crippen molar-refractivity contribution in [3.63, 3.8) is 0 Å². The number of nitrogens with one attached hydrogen (secondary N) is 1. The summed E-state index contributed by atoms with van der Waals surface area (Å²) in [5.74, 6) is 7.27. The van der Waals surface area contributed by atoms with E-state index in [0.717, 1.165) is 11.3 Å². The van der Waals surface area contributed by atoms with Crippen molar-refractivity contribution in [2.45, 2.75) is 12.1 Å². The van der Waals surface area contributed by atoms with Crippen LogP contribution in [0.15, 0.2) is 53.7 Å². The molecule has 0 aliphatic heterocycles. The number of hydrogen-bond donors (Lipinski definition) is 2. The van der Waals surface area contributed by atoms with Gasteiger partial charge in [-0.25, -0.2) is 4.68 Å². The normalized spacial score (nSPS) is 10.6. The van der Waals surface area contributed by atoms with Gasteiger partial charge >= 0.3 is 0 Å². The van der Waals surface area contributed by atoms with E-state index in [1.807, 2.05) is 19.1 Å². The molecule has 3 N–H and O–H groups in total. The van der Waals surface area contributed by atoms with Gasteiger partial charge in [0.15, 0.2) is 5.82 Å². The van der Waals surface area contributed by atoms with Crippen molar-refractivity contribution in [1.82, 2.24) is 14.9 Å². The number of carbonyl (C=O) groups is 1. The molecule has 0 saturated heterocycles. The summed E-state index contributed by atoms with van der Waals surface area (Å²) in [5, 5.41) is 12.0. The molecule has 0 unspecified atom stereocenters. The molecular formula is C18H18ClN5O2S. The van der Waals surface area contributed by atoms with Crippen LogP contribution in [0.3, 0.4) is 0 Å². The summed E-state index contributed by atoms with van der Waals surface area (Å²) in [6.45, 7) is 2.51. The molecule has 0 aliphatic rings. The van der Waals surface area contributed by atoms with Crippen molar-refractivity contribution in [3.8, 4) is 17.1 Å². The molecule has 140 valence electrons. The van der Waals surface area contributed by atoms with Gasteiger partial charge in [0.2, 0.25) is 11.1 Å². The zero-order chi connectivity index (χ0) is 19.2. The highest BCUT2D eigenvalue weighted by atomic mass is 35.5. The van der Waals surface area contributed by atoms with Crippen LogP contribution in [0.5, 0.6) is 5.75 Å². The third-order valence-electron chi connectivity index (χ3n) is 3.53. The topological polar surface area (TPSA) is 95.1 Å². The predicted octanol–water partition coefficient (Wildman–Crippen LogP) is 3.44. The summed E-state index contributed by atoms with van der Waals surface area (Å²) in [4.78, 5) is 12.2. The summed E-state index contributed by atoms with van der Waals surface area (Å²) in [5.41, 5.74) is 1.45. The van der Waals surface area contributed by atoms with E-state index in [2.05, 4.69) is 15.5 Å². The number of nitrogens with zero attached hydrogens (tertiary/aromatic N) is 3. The zero-order valence-corrected chi connectivity index (χ0v) is 16.1. The smallest absolute Gasteiger partial charge is 0.234 e. The Hall–Kier alpha value is -2.71. The highest BCUT2D eigenvalue weighted by Crippen LogP contribution is 2.24. The Balaban J connectivity index is 1.59. The Kier molecular flexibility index (Phi) is 6.20. The lowest BCUT2D eigenvalue weighted by molar-refractivity contribution is -0.113. The standard InChI is InChI=1S/C18H18ClN5O2S/c1-2-26-15-8-6-14(7-9-15)21-16(25)11-27-18-23-22-17(24(18)20)12-4-3-5-13(19)10-12/h3-10H,2,11,20H2,1H3,(H,21,25). The number of nitrogen functional groups attached to an aromatic ring is 1. The predicted molar refractivity (Wildman–Crippen MR) is 108 cm³/mol. The number of nitrogens with two attached hydrogens (primary N) is 1. The van der Waals surface area contributed by atoms with Gasteiger partial charge < -0.3 is 15.9 Å². The van der Waals surface area contributed by atoms with Crippen molar-refractivity contribution < 1.29 is 9.53 Å². The second-order valence-corrected chi connectivity index (χ2v) is 6.86. The number of aromatic nitrogens is 3. The van der Waals surface area contributed by atoms with E-state index in [4.69, 9.17) is 22.2 Å². The molecule has 9 heteroatoms. The first kappa shape index (κ1) is 19.1. The van der Waals surface area contributed by atoms with Crippen LogP contribution in [0.2, 0.25) is 5.02 Å². The minimum atomic E-state index is -0.170. The fourth-order valence-corrected chi connectivity index (χ4v) is 3.17. The maximum Gasteiger partial charge on any atom is 0.234 e. The summed E-state index contributed by atoms with van der Waals surface area (Å²) in [6, 6.07) is 14.4. The highest BCUT2D eigenvalue weighted by Gasteiger charge is 2.14.